The van der Waals surface area contributed by atoms with Crippen LogP contribution in [0.1, 0.15) is 43.0 Å². The first-order valence-electron chi connectivity index (χ1n) is 9.03. The van der Waals surface area contributed by atoms with Crippen LogP contribution in [0.4, 0.5) is 0 Å². The molecule has 25 heavy (non-hydrogen) atoms. The third-order valence-electron chi connectivity index (χ3n) is 5.04. The average Bonchev–Trinajstić information content (AvgIpc) is 3.32. The molecule has 0 radical (unpaired) electrons. The smallest absolute Gasteiger partial charge is 0.254 e. The van der Waals surface area contributed by atoms with Crippen LogP contribution >= 0.6 is 0 Å². The number of hydrogen-bond acceptors (Lipinski definition) is 3. The molecule has 3 aromatic rings. The van der Waals surface area contributed by atoms with Crippen molar-refractivity contribution in [3.63, 3.8) is 0 Å². The molecule has 0 bridgehead atoms. The third-order valence-corrected chi connectivity index (χ3v) is 5.04. The molecule has 128 valence electrons. The minimum absolute atomic E-state index is 0.124. The van der Waals surface area contributed by atoms with Gasteiger partial charge in [0, 0.05) is 23.7 Å². The molecule has 0 spiro atoms. The van der Waals surface area contributed by atoms with E-state index in [-0.39, 0.29) is 5.91 Å². The van der Waals surface area contributed by atoms with Crippen LogP contribution in [0.15, 0.2) is 52.9 Å². The van der Waals surface area contributed by atoms with E-state index in [1.807, 2.05) is 53.4 Å². The molecule has 1 aliphatic carbocycles. The largest absolute Gasteiger partial charge is 0.436 e. The molecule has 1 aromatic heterocycles. The Hall–Kier alpha value is -2.62. The summed E-state index contributed by atoms with van der Waals surface area (Å²) in [6.07, 6.45) is 4.71. The lowest BCUT2D eigenvalue weighted by Gasteiger charge is -2.27. The normalized spacial score (nSPS) is 14.9. The van der Waals surface area contributed by atoms with Gasteiger partial charge in [0.15, 0.2) is 5.58 Å². The van der Waals surface area contributed by atoms with Crippen LogP contribution in [0.5, 0.6) is 0 Å². The van der Waals surface area contributed by atoms with Gasteiger partial charge < -0.3 is 9.32 Å². The summed E-state index contributed by atoms with van der Waals surface area (Å²) in [6.45, 7) is 2.82. The van der Waals surface area contributed by atoms with Crippen molar-refractivity contribution in [2.75, 3.05) is 6.54 Å². The molecule has 0 aliphatic heterocycles. The number of aromatic nitrogens is 1. The lowest BCUT2D eigenvalue weighted by molar-refractivity contribution is 0.0693. The van der Waals surface area contributed by atoms with E-state index in [1.165, 1.54) is 12.8 Å². The molecule has 4 heteroatoms. The molecule has 0 unspecified atom stereocenters. The number of nitrogens with zero attached hydrogens (tertiary/aromatic N) is 2. The van der Waals surface area contributed by atoms with Crippen molar-refractivity contribution in [3.05, 3.63) is 54.1 Å². The highest BCUT2D eigenvalue weighted by molar-refractivity contribution is 5.95. The number of fused-ring (bicyclic) bond motifs is 1. The van der Waals surface area contributed by atoms with Gasteiger partial charge in [-0.2, -0.15) is 0 Å². The fourth-order valence-electron chi connectivity index (χ4n) is 3.70. The van der Waals surface area contributed by atoms with Crippen molar-refractivity contribution >= 4 is 17.0 Å². The minimum Gasteiger partial charge on any atom is -0.436 e. The van der Waals surface area contributed by atoms with Crippen LogP contribution in [0.25, 0.3) is 22.6 Å². The van der Waals surface area contributed by atoms with Crippen molar-refractivity contribution < 1.29 is 9.21 Å². The highest BCUT2D eigenvalue weighted by atomic mass is 16.3. The summed E-state index contributed by atoms with van der Waals surface area (Å²) in [7, 11) is 0. The quantitative estimate of drug-likeness (QED) is 0.682. The van der Waals surface area contributed by atoms with Gasteiger partial charge in [0.05, 0.1) is 0 Å². The Bertz CT molecular complexity index is 843. The molecule has 1 amide bonds. The molecular formula is C21H22N2O2. The molecule has 0 atom stereocenters. The minimum atomic E-state index is 0.124. The number of para-hydroxylation sites is 2. The number of carbonyl (C=O) groups is 1. The molecule has 1 fully saturated rings. The summed E-state index contributed by atoms with van der Waals surface area (Å²) in [5, 5.41) is 0. The van der Waals surface area contributed by atoms with Crippen molar-refractivity contribution in [2.24, 2.45) is 0 Å². The number of hydrogen-bond donors (Lipinski definition) is 0. The SMILES string of the molecule is CCN(C(=O)c1ccc(-c2nc3ccccc3o2)cc1)C1CCCC1. The summed E-state index contributed by atoms with van der Waals surface area (Å²) in [5.41, 5.74) is 3.23. The van der Waals surface area contributed by atoms with E-state index in [1.54, 1.807) is 0 Å². The molecular weight excluding hydrogens is 312 g/mol. The Morgan fingerprint density at radius 1 is 1.12 bits per heavy atom. The zero-order valence-corrected chi connectivity index (χ0v) is 14.4. The Balaban J connectivity index is 1.57. The maximum atomic E-state index is 12.8. The highest BCUT2D eigenvalue weighted by Crippen LogP contribution is 2.27. The van der Waals surface area contributed by atoms with Gasteiger partial charge in [0.1, 0.15) is 5.52 Å². The second kappa shape index (κ2) is 6.71. The van der Waals surface area contributed by atoms with E-state index >= 15 is 0 Å². The van der Waals surface area contributed by atoms with Crippen molar-refractivity contribution in [1.29, 1.82) is 0 Å². The zero-order chi connectivity index (χ0) is 17.2. The van der Waals surface area contributed by atoms with Crippen LogP contribution in [-0.2, 0) is 0 Å². The summed E-state index contributed by atoms with van der Waals surface area (Å²) in [6, 6.07) is 15.7. The maximum absolute atomic E-state index is 12.8. The zero-order valence-electron chi connectivity index (χ0n) is 14.4. The summed E-state index contributed by atoms with van der Waals surface area (Å²) in [4.78, 5) is 19.4. The van der Waals surface area contributed by atoms with Crippen LogP contribution in [-0.4, -0.2) is 28.4 Å². The Kier molecular flexibility index (Phi) is 4.26. The topological polar surface area (TPSA) is 46.3 Å². The average molecular weight is 334 g/mol. The van der Waals surface area contributed by atoms with E-state index in [9.17, 15) is 4.79 Å². The highest BCUT2D eigenvalue weighted by Gasteiger charge is 2.26. The Labute approximate surface area is 147 Å². The van der Waals surface area contributed by atoms with Gasteiger partial charge >= 0.3 is 0 Å². The van der Waals surface area contributed by atoms with E-state index in [4.69, 9.17) is 4.42 Å². The predicted molar refractivity (Wildman–Crippen MR) is 98.4 cm³/mol. The van der Waals surface area contributed by atoms with Gasteiger partial charge in [0.2, 0.25) is 5.89 Å². The third kappa shape index (κ3) is 3.04. The molecule has 1 aliphatic rings. The molecule has 1 heterocycles. The van der Waals surface area contributed by atoms with Crippen LogP contribution in [0.2, 0.25) is 0 Å². The Morgan fingerprint density at radius 2 is 1.84 bits per heavy atom. The Morgan fingerprint density at radius 3 is 2.52 bits per heavy atom. The monoisotopic (exact) mass is 334 g/mol. The lowest BCUT2D eigenvalue weighted by Crippen LogP contribution is -2.38. The van der Waals surface area contributed by atoms with Crippen molar-refractivity contribution in [1.82, 2.24) is 9.88 Å². The second-order valence-electron chi connectivity index (χ2n) is 6.59. The fourth-order valence-corrected chi connectivity index (χ4v) is 3.70. The fraction of sp³-hybridized carbons (Fsp3) is 0.333. The number of benzene rings is 2. The molecule has 4 rings (SSSR count). The standard InChI is InChI=1S/C21H22N2O2/c1-2-23(17-7-3-4-8-17)21(24)16-13-11-15(12-14-16)20-22-18-9-5-6-10-19(18)25-20/h5-6,9-14,17H,2-4,7-8H2,1H3. The molecule has 1 saturated carbocycles. The van der Waals surface area contributed by atoms with Crippen LogP contribution in [0, 0.1) is 0 Å². The summed E-state index contributed by atoms with van der Waals surface area (Å²) < 4.78 is 5.80. The number of rotatable bonds is 4. The van der Waals surface area contributed by atoms with Crippen LogP contribution < -0.4 is 0 Å². The molecule has 0 saturated heterocycles. The second-order valence-corrected chi connectivity index (χ2v) is 6.59. The van der Waals surface area contributed by atoms with Crippen molar-refractivity contribution in [2.45, 2.75) is 38.6 Å². The van der Waals surface area contributed by atoms with Crippen LogP contribution in [0.3, 0.4) is 0 Å². The molecule has 4 nitrogen and oxygen atoms in total. The predicted octanol–water partition coefficient (Wildman–Crippen LogP) is 4.90. The number of carbonyl (C=O) groups excluding carboxylic acids is 1. The first-order chi connectivity index (χ1) is 12.3. The molecule has 0 N–H and O–H groups in total. The summed E-state index contributed by atoms with van der Waals surface area (Å²) in [5.74, 6) is 0.710. The van der Waals surface area contributed by atoms with Gasteiger partial charge in [-0.3, -0.25) is 4.79 Å². The van der Waals surface area contributed by atoms with Gasteiger partial charge in [0.25, 0.3) is 5.91 Å². The van der Waals surface area contributed by atoms with E-state index in [2.05, 4.69) is 11.9 Å². The van der Waals surface area contributed by atoms with Gasteiger partial charge in [-0.05, 0) is 56.2 Å². The summed E-state index contributed by atoms with van der Waals surface area (Å²) >= 11 is 0. The van der Waals surface area contributed by atoms with Gasteiger partial charge in [-0.1, -0.05) is 25.0 Å². The maximum Gasteiger partial charge on any atom is 0.254 e. The molecule has 2 aromatic carbocycles. The van der Waals surface area contributed by atoms with E-state index < -0.39 is 0 Å². The number of amides is 1. The number of oxazole rings is 1. The first-order valence-corrected chi connectivity index (χ1v) is 9.03. The van der Waals surface area contributed by atoms with Gasteiger partial charge in [-0.25, -0.2) is 4.98 Å². The van der Waals surface area contributed by atoms with E-state index in [0.29, 0.717) is 11.9 Å². The van der Waals surface area contributed by atoms with Gasteiger partial charge in [-0.15, -0.1) is 0 Å². The first kappa shape index (κ1) is 15.9. The lowest BCUT2D eigenvalue weighted by atomic mass is 10.1. The van der Waals surface area contributed by atoms with Crippen molar-refractivity contribution in [3.8, 4) is 11.5 Å². The van der Waals surface area contributed by atoms with E-state index in [0.717, 1.165) is 41.6 Å².